The van der Waals surface area contributed by atoms with Crippen LogP contribution in [0.3, 0.4) is 0 Å². The van der Waals surface area contributed by atoms with Gasteiger partial charge in [-0.3, -0.25) is 4.57 Å². The van der Waals surface area contributed by atoms with Gasteiger partial charge in [0, 0.05) is 6.04 Å². The fraction of sp³-hybridized carbons (Fsp3) is 0.409. The lowest BCUT2D eigenvalue weighted by atomic mass is 10.1. The molecule has 168 valence electrons. The van der Waals surface area contributed by atoms with Crippen LogP contribution in [0.15, 0.2) is 36.7 Å². The zero-order valence-corrected chi connectivity index (χ0v) is 17.6. The Morgan fingerprint density at radius 2 is 1.91 bits per heavy atom. The summed E-state index contributed by atoms with van der Waals surface area (Å²) in [6, 6.07) is 9.06. The molecule has 1 aliphatic heterocycles. The van der Waals surface area contributed by atoms with E-state index in [1.165, 1.54) is 10.9 Å². The number of aliphatic hydroxyl groups excluding tert-OH is 4. The molecule has 10 heteroatoms. The number of fused-ring (bicyclic) bond motifs is 1. The number of nitrogens with zero attached hydrogens (tertiary/aromatic N) is 4. The monoisotopic (exact) mass is 439 g/mol. The Morgan fingerprint density at radius 3 is 2.56 bits per heavy atom. The van der Waals surface area contributed by atoms with Crippen LogP contribution < -0.4 is 5.32 Å². The molecule has 0 unspecified atom stereocenters. The standard InChI is InChI=1S/C22H25N5O5/c1-12(2)24-20-17-21(27(11-23-17)22-19(31)18(30)15(10-28)32-22)26-16(25-20)9-8-14(29)13-6-4-3-5-7-13/h3-7,11-12,14-15,18-19,22,28-31H,10H2,1-2H3,(H,24,25,26)/t14-,15-,18-,19-,22-/m1/s1. The summed E-state index contributed by atoms with van der Waals surface area (Å²) in [6.45, 7) is 3.45. The van der Waals surface area contributed by atoms with Gasteiger partial charge >= 0.3 is 0 Å². The number of nitrogens with one attached hydrogen (secondary N) is 1. The van der Waals surface area contributed by atoms with Gasteiger partial charge in [0.25, 0.3) is 0 Å². The summed E-state index contributed by atoms with van der Waals surface area (Å²) in [7, 11) is 0. The quantitative estimate of drug-likeness (QED) is 0.355. The lowest BCUT2D eigenvalue weighted by Crippen LogP contribution is -2.33. The van der Waals surface area contributed by atoms with Gasteiger partial charge in [-0.25, -0.2) is 15.0 Å². The van der Waals surface area contributed by atoms with E-state index in [2.05, 4.69) is 32.1 Å². The Balaban J connectivity index is 1.75. The van der Waals surface area contributed by atoms with E-state index in [1.807, 2.05) is 32.0 Å². The zero-order valence-electron chi connectivity index (χ0n) is 17.6. The van der Waals surface area contributed by atoms with E-state index in [0.717, 1.165) is 0 Å². The molecule has 2 aromatic heterocycles. The molecular weight excluding hydrogens is 414 g/mol. The van der Waals surface area contributed by atoms with E-state index >= 15 is 0 Å². The van der Waals surface area contributed by atoms with Gasteiger partial charge in [0.1, 0.15) is 24.4 Å². The van der Waals surface area contributed by atoms with Crippen molar-refractivity contribution in [3.05, 3.63) is 48.0 Å². The third-order valence-electron chi connectivity index (χ3n) is 5.07. The van der Waals surface area contributed by atoms with Gasteiger partial charge in [0.05, 0.1) is 12.9 Å². The number of hydrogen-bond donors (Lipinski definition) is 5. The van der Waals surface area contributed by atoms with E-state index in [4.69, 9.17) is 4.74 Å². The molecule has 3 heterocycles. The van der Waals surface area contributed by atoms with Gasteiger partial charge in [0.2, 0.25) is 5.82 Å². The number of hydrogen-bond acceptors (Lipinski definition) is 9. The highest BCUT2D eigenvalue weighted by Gasteiger charge is 2.44. The maximum absolute atomic E-state index is 10.4. The highest BCUT2D eigenvalue weighted by molar-refractivity contribution is 5.83. The van der Waals surface area contributed by atoms with E-state index in [1.54, 1.807) is 12.1 Å². The van der Waals surface area contributed by atoms with Crippen LogP contribution in [-0.2, 0) is 4.74 Å². The second kappa shape index (κ2) is 9.20. The summed E-state index contributed by atoms with van der Waals surface area (Å²) in [5, 5.41) is 43.5. The van der Waals surface area contributed by atoms with Gasteiger partial charge in [-0.1, -0.05) is 36.3 Å². The SMILES string of the molecule is CC(C)Nc1nc(C#C[C@@H](O)c2ccccc2)nc2c1ncn2[C@@H]1O[C@H](CO)[C@@H](O)[C@H]1O. The lowest BCUT2D eigenvalue weighted by molar-refractivity contribution is -0.0511. The van der Waals surface area contributed by atoms with Crippen molar-refractivity contribution in [2.45, 2.75) is 50.5 Å². The summed E-state index contributed by atoms with van der Waals surface area (Å²) in [5.41, 5.74) is 1.42. The Kier molecular flexibility index (Phi) is 6.36. The van der Waals surface area contributed by atoms with Crippen molar-refractivity contribution >= 4 is 17.0 Å². The molecule has 0 radical (unpaired) electrons. The lowest BCUT2D eigenvalue weighted by Gasteiger charge is -2.17. The number of aromatic nitrogens is 4. The van der Waals surface area contributed by atoms with Gasteiger partial charge < -0.3 is 30.5 Å². The van der Waals surface area contributed by atoms with Crippen molar-refractivity contribution in [1.29, 1.82) is 0 Å². The molecular formula is C22H25N5O5. The van der Waals surface area contributed by atoms with Crippen molar-refractivity contribution in [3.63, 3.8) is 0 Å². The number of aliphatic hydroxyl groups is 4. The van der Waals surface area contributed by atoms with Crippen LogP contribution in [0, 0.1) is 11.8 Å². The second-order valence-corrected chi connectivity index (χ2v) is 7.83. The van der Waals surface area contributed by atoms with Crippen LogP contribution in [0.2, 0.25) is 0 Å². The summed E-state index contributed by atoms with van der Waals surface area (Å²) in [5.74, 6) is 6.12. The van der Waals surface area contributed by atoms with Gasteiger partial charge in [-0.2, -0.15) is 0 Å². The Morgan fingerprint density at radius 1 is 1.16 bits per heavy atom. The van der Waals surface area contributed by atoms with Gasteiger partial charge in [0.15, 0.2) is 23.2 Å². The largest absolute Gasteiger partial charge is 0.394 e. The van der Waals surface area contributed by atoms with Crippen LogP contribution >= 0.6 is 0 Å². The van der Waals surface area contributed by atoms with E-state index in [0.29, 0.717) is 22.5 Å². The number of rotatable bonds is 5. The molecule has 0 aliphatic carbocycles. The number of ether oxygens (including phenoxy) is 1. The van der Waals surface area contributed by atoms with Crippen molar-refractivity contribution in [1.82, 2.24) is 19.5 Å². The second-order valence-electron chi connectivity index (χ2n) is 7.83. The Hall–Kier alpha value is -3.07. The number of anilines is 1. The van der Waals surface area contributed by atoms with Crippen LogP contribution in [0.4, 0.5) is 5.82 Å². The first-order valence-corrected chi connectivity index (χ1v) is 10.3. The average molecular weight is 439 g/mol. The highest BCUT2D eigenvalue weighted by Crippen LogP contribution is 2.32. The molecule has 0 spiro atoms. The molecule has 3 aromatic rings. The van der Waals surface area contributed by atoms with Crippen molar-refractivity contribution < 1.29 is 25.2 Å². The van der Waals surface area contributed by atoms with Crippen LogP contribution in [0.5, 0.6) is 0 Å². The summed E-state index contributed by atoms with van der Waals surface area (Å²) < 4.78 is 7.10. The summed E-state index contributed by atoms with van der Waals surface area (Å²) in [4.78, 5) is 13.2. The molecule has 32 heavy (non-hydrogen) atoms. The van der Waals surface area contributed by atoms with Crippen LogP contribution in [0.1, 0.15) is 37.6 Å². The topological polar surface area (TPSA) is 146 Å². The molecule has 10 nitrogen and oxygen atoms in total. The third-order valence-corrected chi connectivity index (χ3v) is 5.07. The molecule has 1 aromatic carbocycles. The maximum Gasteiger partial charge on any atom is 0.209 e. The van der Waals surface area contributed by atoms with Gasteiger partial charge in [-0.05, 0) is 25.3 Å². The predicted molar refractivity (Wildman–Crippen MR) is 115 cm³/mol. The molecule has 0 bridgehead atoms. The minimum Gasteiger partial charge on any atom is -0.394 e. The molecule has 5 atom stereocenters. The first-order valence-electron chi connectivity index (χ1n) is 10.3. The summed E-state index contributed by atoms with van der Waals surface area (Å²) >= 11 is 0. The van der Waals surface area contributed by atoms with Gasteiger partial charge in [-0.15, -0.1) is 0 Å². The minimum atomic E-state index is -1.28. The molecule has 0 amide bonds. The van der Waals surface area contributed by atoms with Crippen LogP contribution in [-0.4, -0.2) is 70.9 Å². The van der Waals surface area contributed by atoms with Crippen LogP contribution in [0.25, 0.3) is 11.2 Å². The fourth-order valence-electron chi connectivity index (χ4n) is 3.49. The third kappa shape index (κ3) is 4.29. The molecule has 1 aliphatic rings. The summed E-state index contributed by atoms with van der Waals surface area (Å²) in [6.07, 6.45) is -4.04. The Bertz CT molecular complexity index is 1140. The molecule has 4 rings (SSSR count). The Labute approximate surface area is 184 Å². The highest BCUT2D eigenvalue weighted by atomic mass is 16.6. The first-order chi connectivity index (χ1) is 15.4. The van der Waals surface area contributed by atoms with Crippen molar-refractivity contribution in [2.24, 2.45) is 0 Å². The molecule has 1 fully saturated rings. The smallest absolute Gasteiger partial charge is 0.209 e. The molecule has 5 N–H and O–H groups in total. The van der Waals surface area contributed by atoms with E-state index < -0.39 is 37.3 Å². The van der Waals surface area contributed by atoms with E-state index in [9.17, 15) is 20.4 Å². The predicted octanol–water partition coefficient (Wildman–Crippen LogP) is 0.343. The molecule has 1 saturated heterocycles. The fourth-order valence-corrected chi connectivity index (χ4v) is 3.49. The van der Waals surface area contributed by atoms with E-state index in [-0.39, 0.29) is 11.9 Å². The zero-order chi connectivity index (χ0) is 22.8. The maximum atomic E-state index is 10.4. The molecule has 0 saturated carbocycles. The first kappa shape index (κ1) is 22.1. The average Bonchev–Trinajstić information content (AvgIpc) is 3.33. The normalized spacial score (nSPS) is 23.8. The number of imidazole rings is 1. The minimum absolute atomic E-state index is 0.0443. The van der Waals surface area contributed by atoms with Crippen molar-refractivity contribution in [3.8, 4) is 11.8 Å². The van der Waals surface area contributed by atoms with Crippen molar-refractivity contribution in [2.75, 3.05) is 11.9 Å². The number of benzene rings is 1.